The Hall–Kier alpha value is -1.69. The fourth-order valence-corrected chi connectivity index (χ4v) is 4.46. The van der Waals surface area contributed by atoms with Crippen LogP contribution in [0.3, 0.4) is 0 Å². The van der Waals surface area contributed by atoms with E-state index in [-0.39, 0.29) is 13.0 Å². The van der Waals surface area contributed by atoms with Gasteiger partial charge in [-0.1, -0.05) is 43.8 Å². The van der Waals surface area contributed by atoms with Crippen molar-refractivity contribution >= 4 is 20.8 Å². The van der Waals surface area contributed by atoms with E-state index < -0.39 is 32.6 Å². The number of aryl methyl sites for hydroxylation is 2. The number of H-pyrrole nitrogens is 1. The Labute approximate surface area is 198 Å². The zero-order valence-corrected chi connectivity index (χ0v) is 21.0. The molecule has 10 nitrogen and oxygen atoms in total. The van der Waals surface area contributed by atoms with Crippen molar-refractivity contribution < 1.29 is 33.6 Å². The van der Waals surface area contributed by atoms with Crippen LogP contribution in [0.4, 0.5) is 0 Å². The highest BCUT2D eigenvalue weighted by atomic mass is 32.1. The monoisotopic (exact) mass is 502 g/mol. The molecule has 1 aromatic heterocycles. The van der Waals surface area contributed by atoms with Crippen molar-refractivity contribution in [1.29, 1.82) is 0 Å². The molecule has 0 bridgehead atoms. The molecule has 0 amide bonds. The maximum atomic E-state index is 12.2. The van der Waals surface area contributed by atoms with E-state index >= 15 is 0 Å². The molecule has 2 aromatic rings. The number of aromatic nitrogens is 2. The molecule has 0 spiro atoms. The maximum absolute atomic E-state index is 12.2. The van der Waals surface area contributed by atoms with Gasteiger partial charge < -0.3 is 24.6 Å². The SMILES string of the molecule is CC.CO.Cc1ccc2c(c1)COP(OC(O)(O)C1CCC(n3cc(C)c(=S)[nH]c3=O)O1)O2. The second kappa shape index (κ2) is 12.1. The lowest BCUT2D eigenvalue weighted by atomic mass is 10.1. The number of nitrogens with one attached hydrogen (secondary N) is 1. The van der Waals surface area contributed by atoms with Crippen LogP contribution in [-0.2, 0) is 20.4 Å². The van der Waals surface area contributed by atoms with Crippen molar-refractivity contribution in [1.82, 2.24) is 9.55 Å². The first-order valence-corrected chi connectivity index (χ1v) is 12.0. The van der Waals surface area contributed by atoms with Gasteiger partial charge in [-0.2, -0.15) is 0 Å². The van der Waals surface area contributed by atoms with Gasteiger partial charge in [0.1, 0.15) is 22.7 Å². The predicted octanol–water partition coefficient (Wildman–Crippen LogP) is 3.33. The average molecular weight is 503 g/mol. The molecule has 4 N–H and O–H groups in total. The molecule has 0 saturated carbocycles. The van der Waals surface area contributed by atoms with Crippen molar-refractivity contribution in [2.75, 3.05) is 7.11 Å². The Bertz CT molecular complexity index is 1040. The fourth-order valence-electron chi connectivity index (χ4n) is 3.25. The highest BCUT2D eigenvalue weighted by molar-refractivity contribution is 7.71. The van der Waals surface area contributed by atoms with E-state index in [2.05, 4.69) is 4.98 Å². The van der Waals surface area contributed by atoms with E-state index in [0.29, 0.717) is 22.4 Å². The lowest BCUT2D eigenvalue weighted by molar-refractivity contribution is -0.346. The van der Waals surface area contributed by atoms with E-state index in [1.54, 1.807) is 19.2 Å². The van der Waals surface area contributed by atoms with Crippen molar-refractivity contribution in [3.63, 3.8) is 0 Å². The minimum absolute atomic E-state index is 0.241. The Kier molecular flexibility index (Phi) is 10.1. The maximum Gasteiger partial charge on any atom is 0.402 e. The number of rotatable bonds is 4. The number of aliphatic hydroxyl groups is 3. The van der Waals surface area contributed by atoms with Crippen molar-refractivity contribution in [3.05, 3.63) is 56.2 Å². The van der Waals surface area contributed by atoms with Crippen LogP contribution in [0, 0.1) is 18.5 Å². The van der Waals surface area contributed by atoms with Gasteiger partial charge in [-0.25, -0.2) is 9.32 Å². The zero-order valence-electron chi connectivity index (χ0n) is 19.3. The molecule has 2 aliphatic heterocycles. The first kappa shape index (κ1) is 27.6. The molecule has 3 unspecified atom stereocenters. The molecule has 1 saturated heterocycles. The Balaban J connectivity index is 0.000000914. The number of nitrogens with zero attached hydrogens (tertiary/aromatic N) is 1. The van der Waals surface area contributed by atoms with Crippen molar-refractivity contribution in [2.45, 2.75) is 65.4 Å². The number of hydrogen-bond acceptors (Lipinski definition) is 9. The standard InChI is InChI=1S/C18H21N2O7PS.C2H6.CH4O/c1-10-3-4-13-12(7-10)9-24-28(26-13)27-18(22,23)14-5-6-15(25-14)20-8-11(2)16(29)19-17(20)21;2*1-2/h3-4,7-8,14-15,22-23H,5-6,9H2,1-2H3,(H,19,21,29);1-2H3;2H,1H3. The molecule has 4 rings (SSSR count). The van der Waals surface area contributed by atoms with Crippen molar-refractivity contribution in [2.24, 2.45) is 0 Å². The molecule has 2 aliphatic rings. The molecule has 1 aromatic carbocycles. The van der Waals surface area contributed by atoms with Crippen LogP contribution in [-0.4, -0.2) is 44.1 Å². The molecular formula is C21H31N2O8PS. The highest BCUT2D eigenvalue weighted by Crippen LogP contribution is 2.50. The zero-order chi connectivity index (χ0) is 24.8. The number of hydrogen-bond donors (Lipinski definition) is 4. The minimum Gasteiger partial charge on any atom is -0.426 e. The van der Waals surface area contributed by atoms with E-state index in [9.17, 15) is 15.0 Å². The van der Waals surface area contributed by atoms with Crippen molar-refractivity contribution in [3.8, 4) is 5.75 Å². The molecule has 184 valence electrons. The molecule has 12 heteroatoms. The number of aromatic amines is 1. The first-order valence-electron chi connectivity index (χ1n) is 10.5. The smallest absolute Gasteiger partial charge is 0.402 e. The summed E-state index contributed by atoms with van der Waals surface area (Å²) in [6, 6.07) is 5.61. The van der Waals surface area contributed by atoms with E-state index in [4.69, 9.17) is 35.6 Å². The molecular weight excluding hydrogens is 471 g/mol. The number of fused-ring (bicyclic) bond motifs is 1. The summed E-state index contributed by atoms with van der Waals surface area (Å²) < 4.78 is 23.8. The van der Waals surface area contributed by atoms with Gasteiger partial charge in [0.05, 0.1) is 6.61 Å². The molecule has 3 atom stereocenters. The summed E-state index contributed by atoms with van der Waals surface area (Å²) in [4.78, 5) is 14.7. The summed E-state index contributed by atoms with van der Waals surface area (Å²) in [6.45, 7) is 7.97. The Morgan fingerprint density at radius 2 is 1.94 bits per heavy atom. The van der Waals surface area contributed by atoms with Gasteiger partial charge in [0.25, 0.3) is 0 Å². The van der Waals surface area contributed by atoms with Gasteiger partial charge in [-0.05, 0) is 32.8 Å². The van der Waals surface area contributed by atoms with E-state index in [1.807, 2.05) is 32.9 Å². The number of benzene rings is 1. The van der Waals surface area contributed by atoms with Gasteiger partial charge in [0, 0.05) is 24.4 Å². The molecule has 1 fully saturated rings. The van der Waals surface area contributed by atoms with Crippen LogP contribution in [0.1, 0.15) is 49.6 Å². The van der Waals surface area contributed by atoms with E-state index in [0.717, 1.165) is 18.2 Å². The van der Waals surface area contributed by atoms with E-state index in [1.165, 1.54) is 4.57 Å². The second-order valence-corrected chi connectivity index (χ2v) is 8.56. The largest absolute Gasteiger partial charge is 0.426 e. The minimum atomic E-state index is -2.64. The Morgan fingerprint density at radius 3 is 2.64 bits per heavy atom. The van der Waals surface area contributed by atoms with Gasteiger partial charge in [-0.3, -0.25) is 14.1 Å². The third kappa shape index (κ3) is 6.68. The summed E-state index contributed by atoms with van der Waals surface area (Å²) in [7, 11) is -1.02. The summed E-state index contributed by atoms with van der Waals surface area (Å²) in [5.41, 5.74) is 2.22. The summed E-state index contributed by atoms with van der Waals surface area (Å²) in [6.07, 6.45) is 0.476. The normalized spacial score (nSPS) is 21.6. The number of aliphatic hydroxyl groups excluding tert-OH is 1. The Morgan fingerprint density at radius 1 is 1.24 bits per heavy atom. The topological polar surface area (TPSA) is 135 Å². The van der Waals surface area contributed by atoms with Crippen LogP contribution in [0.5, 0.6) is 5.75 Å². The van der Waals surface area contributed by atoms with Gasteiger partial charge >= 0.3 is 20.3 Å². The predicted molar refractivity (Wildman–Crippen MR) is 125 cm³/mol. The van der Waals surface area contributed by atoms with Crippen LogP contribution in [0.2, 0.25) is 0 Å². The summed E-state index contributed by atoms with van der Waals surface area (Å²) >= 11 is 5.05. The van der Waals surface area contributed by atoms with Crippen LogP contribution in [0.25, 0.3) is 0 Å². The first-order chi connectivity index (χ1) is 15.7. The van der Waals surface area contributed by atoms with Gasteiger partial charge in [-0.15, -0.1) is 0 Å². The highest BCUT2D eigenvalue weighted by Gasteiger charge is 2.47. The number of ether oxygens (including phenoxy) is 1. The molecule has 0 aliphatic carbocycles. The van der Waals surface area contributed by atoms with Gasteiger partial charge in [0.15, 0.2) is 0 Å². The second-order valence-electron chi connectivity index (χ2n) is 7.08. The quantitative estimate of drug-likeness (QED) is 0.282. The molecule has 0 radical (unpaired) electrons. The third-order valence-electron chi connectivity index (χ3n) is 4.80. The van der Waals surface area contributed by atoms with Crippen LogP contribution >= 0.6 is 20.8 Å². The fraction of sp³-hybridized carbons (Fsp3) is 0.524. The van der Waals surface area contributed by atoms with Crippen LogP contribution in [0.15, 0.2) is 29.2 Å². The summed E-state index contributed by atoms with van der Waals surface area (Å²) in [5, 5.41) is 27.9. The third-order valence-corrected chi connectivity index (χ3v) is 6.32. The lowest BCUT2D eigenvalue weighted by Gasteiger charge is -2.32. The summed E-state index contributed by atoms with van der Waals surface area (Å²) in [5.74, 6) is -2.06. The molecule has 33 heavy (non-hydrogen) atoms. The van der Waals surface area contributed by atoms with Crippen LogP contribution < -0.4 is 10.2 Å². The van der Waals surface area contributed by atoms with Gasteiger partial charge in [0.2, 0.25) is 0 Å². The average Bonchev–Trinajstić information content (AvgIpc) is 3.30. The molecule has 3 heterocycles. The lowest BCUT2D eigenvalue weighted by Crippen LogP contribution is -2.44.